The molecular formula is C24H32N2O5. The first-order valence-electron chi connectivity index (χ1n) is 11.1. The topological polar surface area (TPSA) is 93.7 Å². The Kier molecular flexibility index (Phi) is 9.09. The molecule has 3 rings (SSSR count). The van der Waals surface area contributed by atoms with E-state index >= 15 is 0 Å². The normalized spacial score (nSPS) is 24.8. The first kappa shape index (κ1) is 23.0. The Labute approximate surface area is 183 Å². The fourth-order valence-electron chi connectivity index (χ4n) is 3.82. The number of rotatable bonds is 5. The van der Waals surface area contributed by atoms with Gasteiger partial charge in [0, 0.05) is 32.6 Å². The lowest BCUT2D eigenvalue weighted by Gasteiger charge is -2.23. The third kappa shape index (κ3) is 7.83. The molecule has 1 aromatic rings. The predicted octanol–water partition coefficient (Wildman–Crippen LogP) is 2.68. The number of hydrogen-bond acceptors (Lipinski definition) is 5. The number of allylic oxidation sites excluding steroid dienone is 2. The summed E-state index contributed by atoms with van der Waals surface area (Å²) in [5.74, 6) is -0.638. The lowest BCUT2D eigenvalue weighted by molar-refractivity contribution is -0.150. The van der Waals surface area contributed by atoms with Crippen molar-refractivity contribution in [2.24, 2.45) is 11.8 Å². The van der Waals surface area contributed by atoms with Crippen LogP contribution in [0.1, 0.15) is 50.2 Å². The van der Waals surface area contributed by atoms with Crippen LogP contribution in [0.25, 0.3) is 0 Å². The number of cyclic esters (lactones) is 1. The predicted molar refractivity (Wildman–Crippen MR) is 116 cm³/mol. The zero-order valence-corrected chi connectivity index (χ0v) is 17.9. The maximum Gasteiger partial charge on any atom is 0.306 e. The molecule has 2 heterocycles. The van der Waals surface area contributed by atoms with Crippen LogP contribution >= 0.6 is 0 Å². The van der Waals surface area contributed by atoms with Crippen molar-refractivity contribution in [1.29, 1.82) is 0 Å². The number of benzene rings is 1. The van der Waals surface area contributed by atoms with E-state index in [0.29, 0.717) is 25.3 Å². The van der Waals surface area contributed by atoms with Crippen LogP contribution in [-0.4, -0.2) is 44.1 Å². The zero-order valence-electron chi connectivity index (χ0n) is 17.9. The fourth-order valence-corrected chi connectivity index (χ4v) is 3.82. The van der Waals surface area contributed by atoms with E-state index in [2.05, 4.69) is 10.6 Å². The number of hydrogen-bond donors (Lipinski definition) is 2. The molecule has 0 spiro atoms. The molecule has 2 aliphatic rings. The van der Waals surface area contributed by atoms with Crippen molar-refractivity contribution >= 4 is 17.8 Å². The van der Waals surface area contributed by atoms with Crippen LogP contribution in [0.3, 0.4) is 0 Å². The molecule has 2 atom stereocenters. The second-order valence-corrected chi connectivity index (χ2v) is 8.14. The third-order valence-corrected chi connectivity index (χ3v) is 5.74. The highest BCUT2D eigenvalue weighted by atomic mass is 16.5. The number of amides is 2. The summed E-state index contributed by atoms with van der Waals surface area (Å²) in [6.07, 6.45) is 6.52. The van der Waals surface area contributed by atoms with Gasteiger partial charge < -0.3 is 20.1 Å². The van der Waals surface area contributed by atoms with Gasteiger partial charge in [0.2, 0.25) is 11.8 Å². The number of ether oxygens (including phenoxy) is 2. The van der Waals surface area contributed by atoms with Crippen molar-refractivity contribution in [3.8, 4) is 0 Å². The third-order valence-electron chi connectivity index (χ3n) is 5.74. The second-order valence-electron chi connectivity index (χ2n) is 8.14. The van der Waals surface area contributed by atoms with Gasteiger partial charge in [-0.3, -0.25) is 14.4 Å². The lowest BCUT2D eigenvalue weighted by Crippen LogP contribution is -2.38. The molecule has 0 aliphatic carbocycles. The Balaban J connectivity index is 1.59. The zero-order chi connectivity index (χ0) is 21.9. The molecule has 168 valence electrons. The average Bonchev–Trinajstić information content (AvgIpc) is 2.79. The van der Waals surface area contributed by atoms with Gasteiger partial charge >= 0.3 is 5.97 Å². The highest BCUT2D eigenvalue weighted by Gasteiger charge is 2.24. The SMILES string of the molecule is O=C(C[C@@H]1C/C=C/CCC(=O)O[C@H](c2ccccc2)CNC1=O)NCC1CCOCC1. The van der Waals surface area contributed by atoms with Gasteiger partial charge in [0.05, 0.1) is 12.5 Å². The Hall–Kier alpha value is -2.67. The molecule has 7 nitrogen and oxygen atoms in total. The minimum absolute atomic E-state index is 0.113. The van der Waals surface area contributed by atoms with Crippen molar-refractivity contribution in [2.45, 2.75) is 44.6 Å². The number of nitrogens with one attached hydrogen (secondary N) is 2. The molecular weight excluding hydrogens is 396 g/mol. The van der Waals surface area contributed by atoms with Crippen LogP contribution in [0, 0.1) is 11.8 Å². The van der Waals surface area contributed by atoms with E-state index in [9.17, 15) is 14.4 Å². The number of carbonyl (C=O) groups excluding carboxylic acids is 3. The summed E-state index contributed by atoms with van der Waals surface area (Å²) < 4.78 is 11.0. The van der Waals surface area contributed by atoms with Gasteiger partial charge in [-0.2, -0.15) is 0 Å². The van der Waals surface area contributed by atoms with E-state index in [4.69, 9.17) is 9.47 Å². The summed E-state index contributed by atoms with van der Waals surface area (Å²) in [5, 5.41) is 5.86. The van der Waals surface area contributed by atoms with Gasteiger partial charge in [-0.25, -0.2) is 0 Å². The summed E-state index contributed by atoms with van der Waals surface area (Å²) in [6.45, 7) is 2.28. The second kappa shape index (κ2) is 12.2. The van der Waals surface area contributed by atoms with Gasteiger partial charge in [0.1, 0.15) is 6.10 Å². The first-order chi connectivity index (χ1) is 15.1. The van der Waals surface area contributed by atoms with E-state index in [1.165, 1.54) is 0 Å². The van der Waals surface area contributed by atoms with Crippen molar-refractivity contribution in [1.82, 2.24) is 10.6 Å². The molecule has 2 N–H and O–H groups in total. The Morgan fingerprint density at radius 3 is 2.65 bits per heavy atom. The maximum absolute atomic E-state index is 12.8. The Morgan fingerprint density at radius 1 is 1.10 bits per heavy atom. The van der Waals surface area contributed by atoms with Gasteiger partial charge in [-0.05, 0) is 37.2 Å². The molecule has 1 aromatic carbocycles. The monoisotopic (exact) mass is 428 g/mol. The quantitative estimate of drug-likeness (QED) is 0.556. The van der Waals surface area contributed by atoms with Crippen LogP contribution in [0.15, 0.2) is 42.5 Å². The van der Waals surface area contributed by atoms with Crippen molar-refractivity contribution < 1.29 is 23.9 Å². The van der Waals surface area contributed by atoms with Crippen LogP contribution < -0.4 is 10.6 Å². The van der Waals surface area contributed by atoms with E-state index in [1.54, 1.807) is 0 Å². The van der Waals surface area contributed by atoms with E-state index < -0.39 is 12.0 Å². The molecule has 0 unspecified atom stereocenters. The highest BCUT2D eigenvalue weighted by Crippen LogP contribution is 2.20. The molecule has 0 saturated carbocycles. The largest absolute Gasteiger partial charge is 0.456 e. The van der Waals surface area contributed by atoms with E-state index in [0.717, 1.165) is 31.6 Å². The van der Waals surface area contributed by atoms with Crippen LogP contribution in [0.4, 0.5) is 0 Å². The van der Waals surface area contributed by atoms with E-state index in [-0.39, 0.29) is 37.2 Å². The lowest BCUT2D eigenvalue weighted by atomic mass is 9.97. The summed E-state index contributed by atoms with van der Waals surface area (Å²) >= 11 is 0. The van der Waals surface area contributed by atoms with Crippen LogP contribution in [-0.2, 0) is 23.9 Å². The summed E-state index contributed by atoms with van der Waals surface area (Å²) in [6, 6.07) is 9.37. The minimum atomic E-state index is -0.552. The standard InChI is InChI=1S/C24H32N2O5/c27-22(25-16-18-11-13-30-14-12-18)15-20-9-5-2-6-10-23(28)31-21(17-26-24(20)29)19-7-3-1-4-8-19/h1-5,7-8,18,20-21H,6,9-17H2,(H,25,27)(H,26,29)/b5-2+/t20-,21-/m0/s1. The molecule has 0 aromatic heterocycles. The molecule has 7 heteroatoms. The van der Waals surface area contributed by atoms with Gasteiger partial charge in [0.25, 0.3) is 0 Å². The summed E-state index contributed by atoms with van der Waals surface area (Å²) in [5.41, 5.74) is 0.828. The first-order valence-corrected chi connectivity index (χ1v) is 11.1. The minimum Gasteiger partial charge on any atom is -0.456 e. The Morgan fingerprint density at radius 2 is 1.87 bits per heavy atom. The van der Waals surface area contributed by atoms with Gasteiger partial charge in [-0.1, -0.05) is 42.5 Å². The smallest absolute Gasteiger partial charge is 0.306 e. The number of carbonyl (C=O) groups is 3. The van der Waals surface area contributed by atoms with Crippen molar-refractivity contribution in [2.75, 3.05) is 26.3 Å². The molecule has 2 aliphatic heterocycles. The summed E-state index contributed by atoms with van der Waals surface area (Å²) in [7, 11) is 0. The van der Waals surface area contributed by atoms with Crippen LogP contribution in [0.2, 0.25) is 0 Å². The maximum atomic E-state index is 12.8. The number of esters is 1. The highest BCUT2D eigenvalue weighted by molar-refractivity contribution is 5.86. The molecule has 2 amide bonds. The molecule has 0 radical (unpaired) electrons. The van der Waals surface area contributed by atoms with E-state index in [1.807, 2.05) is 42.5 Å². The Bertz CT molecular complexity index is 758. The van der Waals surface area contributed by atoms with Gasteiger partial charge in [-0.15, -0.1) is 0 Å². The van der Waals surface area contributed by atoms with Crippen molar-refractivity contribution in [3.05, 3.63) is 48.0 Å². The average molecular weight is 429 g/mol. The molecule has 0 bridgehead atoms. The van der Waals surface area contributed by atoms with Gasteiger partial charge in [0.15, 0.2) is 0 Å². The molecule has 1 saturated heterocycles. The van der Waals surface area contributed by atoms with Crippen molar-refractivity contribution in [3.63, 3.8) is 0 Å². The summed E-state index contributed by atoms with van der Waals surface area (Å²) in [4.78, 5) is 37.5. The fraction of sp³-hybridized carbons (Fsp3) is 0.542. The molecule has 31 heavy (non-hydrogen) atoms. The van der Waals surface area contributed by atoms with Crippen LogP contribution in [0.5, 0.6) is 0 Å². The molecule has 1 fully saturated rings.